The van der Waals surface area contributed by atoms with Crippen LogP contribution in [0.2, 0.25) is 0 Å². The first-order valence-corrected chi connectivity index (χ1v) is 30.8. The molecule has 0 aromatic heterocycles. The van der Waals surface area contributed by atoms with Crippen LogP contribution in [0.3, 0.4) is 0 Å². The van der Waals surface area contributed by atoms with Gasteiger partial charge in [0.25, 0.3) is 0 Å². The molecule has 2 aliphatic heterocycles. The number of carboxylic acids is 1. The molecule has 0 spiro atoms. The Bertz CT molecular complexity index is 2620. The standard InChI is InChI=1S/C60H90N8O16S/c1-2-17-67(59(72)53-40-52-13-12-51(42-56(52)66-57(62)43-53)50-9-7-11-55(41-50)85(73,74)68-45-49(46-68)47-69)18-5-3-4-15-63-60(65-54-10-6-8-48(39-54)44-61)64-16-20-76-22-24-78-26-28-80-30-32-82-34-36-84-38-37-83-35-33-81-31-29-79-27-25-77-23-21-75-19-14-58(70)71/h6-13,39-42,49,59,69,72H,2-5,14-38,43,45-47H2,1H3,(H2,62,66)(H,70,71)(H2,63,64,65). The number of hydrogen-bond acceptors (Lipinski definition) is 20. The molecular formula is C60H90N8O16S. The van der Waals surface area contributed by atoms with Crippen LogP contribution in [0, 0.1) is 17.2 Å². The zero-order valence-electron chi connectivity index (χ0n) is 49.3. The second kappa shape index (κ2) is 42.4. The first-order valence-electron chi connectivity index (χ1n) is 29.4. The van der Waals surface area contributed by atoms with E-state index in [4.69, 9.17) is 68.2 Å². The molecule has 0 saturated carbocycles. The minimum Gasteiger partial charge on any atom is -0.481 e. The van der Waals surface area contributed by atoms with Gasteiger partial charge in [-0.05, 0) is 78.4 Å². The van der Waals surface area contributed by atoms with Crippen molar-refractivity contribution < 1.29 is 75.9 Å². The zero-order valence-corrected chi connectivity index (χ0v) is 50.1. The fraction of sp³-hybridized carbons (Fsp3) is 0.600. The number of fused-ring (bicyclic) bond motifs is 1. The normalized spacial score (nSPS) is 14.3. The van der Waals surface area contributed by atoms with E-state index in [9.17, 15) is 28.7 Å². The number of aliphatic imine (C=N–C) groups is 2. The number of aliphatic hydroxyl groups is 2. The number of sulfonamides is 1. The van der Waals surface area contributed by atoms with Gasteiger partial charge in [0.15, 0.2) is 5.96 Å². The second-order valence-corrected chi connectivity index (χ2v) is 21.8. The molecule has 7 N–H and O–H groups in total. The minimum atomic E-state index is -3.69. The van der Waals surface area contributed by atoms with Crippen molar-refractivity contribution in [2.24, 2.45) is 21.6 Å². The average Bonchev–Trinajstić information content (AvgIpc) is 2.69. The third-order valence-corrected chi connectivity index (χ3v) is 15.0. The highest BCUT2D eigenvalue weighted by atomic mass is 32.2. The van der Waals surface area contributed by atoms with Gasteiger partial charge in [0.1, 0.15) is 12.1 Å². The van der Waals surface area contributed by atoms with Crippen molar-refractivity contribution >= 4 is 45.2 Å². The minimum absolute atomic E-state index is 0.0177. The molecule has 472 valence electrons. The van der Waals surface area contributed by atoms with Crippen LogP contribution < -0.4 is 16.4 Å². The lowest BCUT2D eigenvalue weighted by Gasteiger charge is -2.36. The number of rotatable bonds is 48. The number of benzene rings is 3. The molecule has 2 aliphatic rings. The average molecular weight is 1210 g/mol. The topological polar surface area (TPSA) is 309 Å². The van der Waals surface area contributed by atoms with Crippen LogP contribution in [0.15, 0.2) is 87.2 Å². The van der Waals surface area contributed by atoms with E-state index in [1.54, 1.807) is 36.4 Å². The van der Waals surface area contributed by atoms with Gasteiger partial charge in [-0.1, -0.05) is 43.7 Å². The number of carboxylic acid groups (broad SMARTS) is 1. The Morgan fingerprint density at radius 1 is 0.718 bits per heavy atom. The maximum atomic E-state index is 13.3. The van der Waals surface area contributed by atoms with Crippen molar-refractivity contribution in [1.29, 1.82) is 5.26 Å². The molecule has 0 aliphatic carbocycles. The summed E-state index contributed by atoms with van der Waals surface area (Å²) in [6.45, 7) is 13.6. The van der Waals surface area contributed by atoms with E-state index in [1.807, 2.05) is 36.4 Å². The van der Waals surface area contributed by atoms with Crippen molar-refractivity contribution in [3.05, 3.63) is 83.4 Å². The monoisotopic (exact) mass is 1210 g/mol. The van der Waals surface area contributed by atoms with Crippen LogP contribution in [-0.2, 0) is 62.2 Å². The number of unbranched alkanes of at least 4 members (excludes halogenated alkanes) is 2. The van der Waals surface area contributed by atoms with Gasteiger partial charge in [0.2, 0.25) is 10.0 Å². The zero-order chi connectivity index (χ0) is 60.6. The summed E-state index contributed by atoms with van der Waals surface area (Å²) in [7, 11) is -3.69. The Morgan fingerprint density at radius 2 is 1.26 bits per heavy atom. The van der Waals surface area contributed by atoms with Gasteiger partial charge in [0, 0.05) is 63.8 Å². The number of amidine groups is 1. The SMILES string of the molecule is CCCN(CCCCCN/C(=N\c1cccc(C#N)c1)NCCOCCOCCOCCOCCOCCOCCOCCOCCOCCOCCC(=O)O)C(O)C1=Cc2ccc(-c3cccc(S(=O)(=O)N4CC(CO)C4)c3)cc2N=C(N)C1. The highest BCUT2D eigenvalue weighted by Gasteiger charge is 2.36. The molecule has 24 nitrogen and oxygen atoms in total. The fourth-order valence-electron chi connectivity index (χ4n) is 8.68. The molecule has 1 saturated heterocycles. The number of nitrogens with one attached hydrogen (secondary N) is 2. The number of aliphatic hydroxyl groups excluding tert-OH is 2. The van der Waals surface area contributed by atoms with Gasteiger partial charge >= 0.3 is 5.97 Å². The summed E-state index contributed by atoms with van der Waals surface area (Å²) in [5.41, 5.74) is 11.3. The highest BCUT2D eigenvalue weighted by molar-refractivity contribution is 7.89. The summed E-state index contributed by atoms with van der Waals surface area (Å²) in [6, 6.07) is 21.8. The first-order chi connectivity index (χ1) is 41.5. The molecule has 0 bridgehead atoms. The lowest BCUT2D eigenvalue weighted by atomic mass is 10.0. The maximum Gasteiger partial charge on any atom is 0.305 e. The molecule has 3 aromatic rings. The number of guanidine groups is 1. The highest BCUT2D eigenvalue weighted by Crippen LogP contribution is 2.34. The van der Waals surface area contributed by atoms with E-state index in [-0.39, 0.29) is 30.4 Å². The van der Waals surface area contributed by atoms with Gasteiger partial charge in [0.05, 0.1) is 166 Å². The van der Waals surface area contributed by atoms with Crippen LogP contribution in [0.1, 0.15) is 56.6 Å². The maximum absolute atomic E-state index is 13.3. The summed E-state index contributed by atoms with van der Waals surface area (Å²) < 4.78 is 83.0. The number of hydrogen-bond donors (Lipinski definition) is 6. The lowest BCUT2D eigenvalue weighted by Crippen LogP contribution is -2.51. The Morgan fingerprint density at radius 3 is 1.81 bits per heavy atom. The Kier molecular flexibility index (Phi) is 35.0. The van der Waals surface area contributed by atoms with E-state index in [1.165, 1.54) is 4.31 Å². The van der Waals surface area contributed by atoms with Crippen LogP contribution >= 0.6 is 0 Å². The number of nitrogens with zero attached hydrogens (tertiary/aromatic N) is 5. The molecule has 0 radical (unpaired) electrons. The van der Waals surface area contributed by atoms with Crippen LogP contribution in [-0.4, -0.2) is 235 Å². The van der Waals surface area contributed by atoms with Crippen LogP contribution in [0.25, 0.3) is 17.2 Å². The number of ether oxygens (including phenoxy) is 10. The van der Waals surface area contributed by atoms with Gasteiger partial charge in [-0.25, -0.2) is 18.4 Å². The molecule has 0 amide bonds. The molecule has 1 atom stereocenters. The van der Waals surface area contributed by atoms with E-state index in [0.717, 1.165) is 47.9 Å². The number of nitrogens with two attached hydrogens (primary N) is 1. The Labute approximate surface area is 501 Å². The molecular weight excluding hydrogens is 1120 g/mol. The van der Waals surface area contributed by atoms with Crippen molar-refractivity contribution in [3.63, 3.8) is 0 Å². The number of nitriles is 1. The largest absolute Gasteiger partial charge is 0.481 e. The summed E-state index contributed by atoms with van der Waals surface area (Å²) in [5, 5.41) is 45.9. The van der Waals surface area contributed by atoms with Gasteiger partial charge in [-0.15, -0.1) is 0 Å². The summed E-state index contributed by atoms with van der Waals surface area (Å²) >= 11 is 0. The quantitative estimate of drug-likeness (QED) is 0.0198. The first kappa shape index (κ1) is 70.3. The third-order valence-electron chi connectivity index (χ3n) is 13.2. The van der Waals surface area contributed by atoms with Crippen LogP contribution in [0.5, 0.6) is 0 Å². The second-order valence-electron chi connectivity index (χ2n) is 19.9. The molecule has 85 heavy (non-hydrogen) atoms. The number of aliphatic carboxylic acids is 1. The lowest BCUT2D eigenvalue weighted by molar-refractivity contribution is -0.138. The Hall–Kier alpha value is -5.51. The van der Waals surface area contributed by atoms with E-state index < -0.39 is 22.2 Å². The molecule has 25 heteroatoms. The van der Waals surface area contributed by atoms with Crippen molar-refractivity contribution in [1.82, 2.24) is 19.8 Å². The van der Waals surface area contributed by atoms with Crippen LogP contribution in [0.4, 0.5) is 11.4 Å². The fourth-order valence-corrected chi connectivity index (χ4v) is 10.3. The molecule has 1 fully saturated rings. The summed E-state index contributed by atoms with van der Waals surface area (Å²) in [4.78, 5) is 22.1. The van der Waals surface area contributed by atoms with E-state index in [0.29, 0.717) is 200 Å². The van der Waals surface area contributed by atoms with Gasteiger partial charge < -0.3 is 79.1 Å². The van der Waals surface area contributed by atoms with Gasteiger partial charge in [-0.2, -0.15) is 9.57 Å². The molecule has 2 heterocycles. The van der Waals surface area contributed by atoms with Crippen molar-refractivity contribution in [3.8, 4) is 17.2 Å². The molecule has 5 rings (SSSR count). The predicted molar refractivity (Wildman–Crippen MR) is 322 cm³/mol. The predicted octanol–water partition coefficient (Wildman–Crippen LogP) is 4.32. The summed E-state index contributed by atoms with van der Waals surface area (Å²) in [5.74, 6) is 0.0151. The Balaban J connectivity index is 0.884. The van der Waals surface area contributed by atoms with E-state index >= 15 is 0 Å². The smallest absolute Gasteiger partial charge is 0.305 e. The molecule has 1 unspecified atom stereocenters. The number of carbonyl (C=O) groups is 1. The third kappa shape index (κ3) is 28.3. The van der Waals surface area contributed by atoms with Crippen molar-refractivity contribution in [2.75, 3.05) is 178 Å². The van der Waals surface area contributed by atoms with E-state index in [2.05, 4.69) is 28.5 Å². The van der Waals surface area contributed by atoms with Gasteiger partial charge in [-0.3, -0.25) is 9.69 Å². The molecule has 3 aromatic carbocycles. The summed E-state index contributed by atoms with van der Waals surface area (Å²) in [6.07, 6.45) is 4.79. The van der Waals surface area contributed by atoms with Crippen molar-refractivity contribution in [2.45, 2.75) is 56.6 Å².